The Labute approximate surface area is 222 Å². The van der Waals surface area contributed by atoms with Crippen molar-refractivity contribution >= 4 is 12.1 Å². The van der Waals surface area contributed by atoms with Gasteiger partial charge in [0, 0.05) is 19.4 Å². The number of fused-ring (bicyclic) bond motifs is 2. The van der Waals surface area contributed by atoms with E-state index in [1.165, 1.54) is 35.9 Å². The molecule has 204 valence electrons. The van der Waals surface area contributed by atoms with Crippen LogP contribution in [0.3, 0.4) is 0 Å². The maximum atomic E-state index is 14.5. The van der Waals surface area contributed by atoms with Gasteiger partial charge in [-0.15, -0.1) is 0 Å². The summed E-state index contributed by atoms with van der Waals surface area (Å²) in [5.41, 5.74) is 0.306. The molecule has 0 N–H and O–H groups in total. The maximum absolute atomic E-state index is 14.5. The molecule has 1 unspecified atom stereocenters. The van der Waals surface area contributed by atoms with Gasteiger partial charge < -0.3 is 19.1 Å². The molecule has 1 amide bonds. The monoisotopic (exact) mass is 539 g/mol. The van der Waals surface area contributed by atoms with E-state index in [9.17, 15) is 23.2 Å². The van der Waals surface area contributed by atoms with Crippen molar-refractivity contribution in [2.24, 2.45) is 0 Å². The summed E-state index contributed by atoms with van der Waals surface area (Å²) in [6.45, 7) is 3.50. The Balaban J connectivity index is 1.67. The molecule has 5 rings (SSSR count). The predicted octanol–water partition coefficient (Wildman–Crippen LogP) is 4.41. The molecule has 1 fully saturated rings. The van der Waals surface area contributed by atoms with Crippen LogP contribution in [0.15, 0.2) is 59.5 Å². The third-order valence-corrected chi connectivity index (χ3v) is 6.97. The van der Waals surface area contributed by atoms with E-state index in [0.29, 0.717) is 30.5 Å². The minimum Gasteiger partial charge on any atom is -0.448 e. The fraction of sp³-hybridized carbons (Fsp3) is 0.357. The Morgan fingerprint density at radius 2 is 1.77 bits per heavy atom. The van der Waals surface area contributed by atoms with Crippen LogP contribution in [0.2, 0.25) is 0 Å². The van der Waals surface area contributed by atoms with Gasteiger partial charge in [-0.3, -0.25) is 14.3 Å². The van der Waals surface area contributed by atoms with E-state index in [1.807, 2.05) is 0 Å². The number of ether oxygens (including phenoxy) is 3. The topological polar surface area (TPSA) is 100.0 Å². The van der Waals surface area contributed by atoms with Crippen LogP contribution in [-0.4, -0.2) is 52.2 Å². The van der Waals surface area contributed by atoms with Gasteiger partial charge in [0.2, 0.25) is 17.5 Å². The number of hydrogen-bond acceptors (Lipinski definition) is 7. The highest BCUT2D eigenvalue weighted by Gasteiger charge is 2.48. The lowest BCUT2D eigenvalue weighted by Crippen LogP contribution is -2.51. The highest BCUT2D eigenvalue weighted by molar-refractivity contribution is 5.96. The lowest BCUT2D eigenvalue weighted by molar-refractivity contribution is -0.0534. The number of rotatable bonds is 7. The number of carbonyl (C=O) groups excluding carboxylic acids is 2. The molecule has 0 spiro atoms. The summed E-state index contributed by atoms with van der Waals surface area (Å²) in [5.74, 6) is -2.36. The molecule has 1 aromatic heterocycles. The van der Waals surface area contributed by atoms with Gasteiger partial charge in [-0.05, 0) is 55.2 Å². The number of nitrogens with zero attached hydrogens (tertiary/aromatic N) is 3. The van der Waals surface area contributed by atoms with Crippen molar-refractivity contribution in [3.8, 4) is 5.75 Å². The second kappa shape index (κ2) is 10.8. The number of hydrogen-bond donors (Lipinski definition) is 0. The molecule has 0 aliphatic carbocycles. The van der Waals surface area contributed by atoms with Gasteiger partial charge in [0.1, 0.15) is 11.6 Å². The van der Waals surface area contributed by atoms with Crippen molar-refractivity contribution in [2.75, 3.05) is 13.2 Å². The van der Waals surface area contributed by atoms with Gasteiger partial charge in [-0.25, -0.2) is 13.6 Å². The molecule has 9 nitrogen and oxygen atoms in total. The van der Waals surface area contributed by atoms with Gasteiger partial charge in [-0.2, -0.15) is 5.10 Å². The molecule has 0 radical (unpaired) electrons. The van der Waals surface area contributed by atoms with Crippen molar-refractivity contribution in [1.29, 1.82) is 0 Å². The minimum atomic E-state index is -1.26. The van der Waals surface area contributed by atoms with E-state index >= 15 is 0 Å². The number of halogens is 2. The number of carbonyl (C=O) groups is 2. The third-order valence-electron chi connectivity index (χ3n) is 6.97. The van der Waals surface area contributed by atoms with E-state index in [0.717, 1.165) is 6.20 Å². The summed E-state index contributed by atoms with van der Waals surface area (Å²) in [4.78, 5) is 40.1. The second-order valence-electron chi connectivity index (χ2n) is 9.40. The van der Waals surface area contributed by atoms with Gasteiger partial charge >= 0.3 is 6.16 Å². The fourth-order valence-electron chi connectivity index (χ4n) is 5.51. The molecule has 11 heteroatoms. The summed E-state index contributed by atoms with van der Waals surface area (Å²) in [7, 11) is 0. The van der Waals surface area contributed by atoms with Gasteiger partial charge in [0.25, 0.3) is 5.91 Å². The van der Waals surface area contributed by atoms with Crippen molar-refractivity contribution in [3.63, 3.8) is 0 Å². The zero-order chi connectivity index (χ0) is 27.7. The van der Waals surface area contributed by atoms with E-state index < -0.39 is 47.4 Å². The Bertz CT molecular complexity index is 1420. The Hall–Kier alpha value is -4.28. The molecule has 39 heavy (non-hydrogen) atoms. The van der Waals surface area contributed by atoms with Crippen molar-refractivity contribution < 1.29 is 32.6 Å². The van der Waals surface area contributed by atoms with E-state index in [1.54, 1.807) is 36.1 Å². The average molecular weight is 540 g/mol. The number of aromatic nitrogens is 2. The molecule has 2 aromatic carbocycles. The van der Waals surface area contributed by atoms with E-state index in [2.05, 4.69) is 5.10 Å². The highest BCUT2D eigenvalue weighted by Crippen LogP contribution is 2.46. The van der Waals surface area contributed by atoms with Crippen molar-refractivity contribution in [3.05, 3.63) is 93.4 Å². The van der Waals surface area contributed by atoms with E-state index in [-0.39, 0.29) is 24.1 Å². The average Bonchev–Trinajstić information content (AvgIpc) is 3.38. The molecule has 2 aliphatic heterocycles. The molecule has 0 bridgehead atoms. The zero-order valence-corrected chi connectivity index (χ0v) is 21.4. The predicted molar refractivity (Wildman–Crippen MR) is 134 cm³/mol. The molecule has 3 atom stereocenters. The molecule has 2 aliphatic rings. The first kappa shape index (κ1) is 26.3. The van der Waals surface area contributed by atoms with Gasteiger partial charge in [0.15, 0.2) is 5.69 Å². The van der Waals surface area contributed by atoms with E-state index in [4.69, 9.17) is 14.2 Å². The van der Waals surface area contributed by atoms with Crippen LogP contribution < -0.4 is 10.2 Å². The van der Waals surface area contributed by atoms with Crippen molar-refractivity contribution in [2.45, 2.75) is 51.0 Å². The van der Waals surface area contributed by atoms with Crippen LogP contribution in [0.1, 0.15) is 60.3 Å². The van der Waals surface area contributed by atoms with Crippen LogP contribution in [0.4, 0.5) is 13.6 Å². The molecule has 3 aromatic rings. The lowest BCUT2D eigenvalue weighted by Gasteiger charge is -2.43. The summed E-state index contributed by atoms with van der Waals surface area (Å²) < 4.78 is 45.8. The first-order chi connectivity index (χ1) is 18.8. The maximum Gasteiger partial charge on any atom is 0.511 e. The van der Waals surface area contributed by atoms with Crippen LogP contribution in [-0.2, 0) is 9.47 Å². The molecule has 0 saturated carbocycles. The minimum absolute atomic E-state index is 0.0803. The number of amides is 1. The summed E-state index contributed by atoms with van der Waals surface area (Å²) in [6, 6.07) is 11.0. The summed E-state index contributed by atoms with van der Waals surface area (Å²) >= 11 is 0. The first-order valence-corrected chi connectivity index (χ1v) is 12.7. The van der Waals surface area contributed by atoms with Crippen LogP contribution in [0.5, 0.6) is 5.75 Å². The smallest absolute Gasteiger partial charge is 0.448 e. The van der Waals surface area contributed by atoms with Crippen LogP contribution in [0.25, 0.3) is 0 Å². The molecular formula is C28H27F2N3O6. The largest absolute Gasteiger partial charge is 0.511 e. The fourth-order valence-corrected chi connectivity index (χ4v) is 5.51. The Kier molecular flexibility index (Phi) is 7.32. The Morgan fingerprint density at radius 1 is 1.10 bits per heavy atom. The SMILES string of the molecule is CCOC(=O)OC(C)Oc1c2n(ncc1=O)[C@@H](C(c1cccc(F)c1)c1cccc(F)c1)[C@H]1CCCN1C2=O. The summed E-state index contributed by atoms with van der Waals surface area (Å²) in [5, 5.41) is 4.34. The quantitative estimate of drug-likeness (QED) is 0.324. The zero-order valence-electron chi connectivity index (χ0n) is 21.4. The standard InChI is InChI=1S/C28H27F2N3O6/c1-3-37-28(36)39-16(2)38-26-22(34)15-31-33-24(21-11-6-12-32(21)27(35)25(26)33)23(17-7-4-9-19(29)13-17)18-8-5-10-20(30)14-18/h4-5,7-10,13-16,21,23-24H,3,6,11-12H2,1-2H3/t16?,21-,24-/m1/s1. The van der Waals surface area contributed by atoms with Crippen molar-refractivity contribution in [1.82, 2.24) is 14.7 Å². The molecule has 1 saturated heterocycles. The summed E-state index contributed by atoms with van der Waals surface area (Å²) in [6.07, 6.45) is 0.101. The lowest BCUT2D eigenvalue weighted by atomic mass is 9.80. The van der Waals surface area contributed by atoms with Crippen LogP contribution >= 0.6 is 0 Å². The van der Waals surface area contributed by atoms with Gasteiger partial charge in [0.05, 0.1) is 24.9 Å². The Morgan fingerprint density at radius 3 is 2.38 bits per heavy atom. The highest BCUT2D eigenvalue weighted by atomic mass is 19.1. The first-order valence-electron chi connectivity index (χ1n) is 12.7. The third kappa shape index (κ3) is 5.08. The van der Waals surface area contributed by atoms with Gasteiger partial charge in [-0.1, -0.05) is 24.3 Å². The second-order valence-corrected chi connectivity index (χ2v) is 9.40. The van der Waals surface area contributed by atoms with Crippen LogP contribution in [0, 0.1) is 11.6 Å². The number of benzene rings is 2. The molecular weight excluding hydrogens is 512 g/mol. The molecule has 3 heterocycles. The normalized spacial score (nSPS) is 18.9.